The van der Waals surface area contributed by atoms with Gasteiger partial charge in [-0.2, -0.15) is 0 Å². The second kappa shape index (κ2) is 8.65. The number of benzene rings is 2. The molecule has 0 heterocycles. The molecule has 0 aliphatic carbocycles. The van der Waals surface area contributed by atoms with Gasteiger partial charge in [-0.05, 0) is 43.3 Å². The van der Waals surface area contributed by atoms with Crippen molar-refractivity contribution >= 4 is 29.1 Å². The summed E-state index contributed by atoms with van der Waals surface area (Å²) < 4.78 is 0. The lowest BCUT2D eigenvalue weighted by Gasteiger charge is -2.13. The van der Waals surface area contributed by atoms with Gasteiger partial charge in [0.05, 0.1) is 5.92 Å². The van der Waals surface area contributed by atoms with E-state index < -0.39 is 0 Å². The van der Waals surface area contributed by atoms with Gasteiger partial charge < -0.3 is 10.6 Å². The van der Waals surface area contributed by atoms with E-state index in [4.69, 9.17) is 0 Å². The van der Waals surface area contributed by atoms with Crippen molar-refractivity contribution in [3.63, 3.8) is 0 Å². The maximum atomic E-state index is 12.1. The van der Waals surface area contributed by atoms with Crippen LogP contribution in [0.2, 0.25) is 0 Å². The lowest BCUT2D eigenvalue weighted by Crippen LogP contribution is -2.30. The molecule has 0 aliphatic heterocycles. The van der Waals surface area contributed by atoms with Gasteiger partial charge in [-0.15, -0.1) is 12.4 Å². The lowest BCUT2D eigenvalue weighted by molar-refractivity contribution is -0.122. The Balaban J connectivity index is 0.00000220. The summed E-state index contributed by atoms with van der Waals surface area (Å²) in [5.41, 5.74) is 1.06. The number of rotatable bonds is 6. The molecule has 0 aliphatic rings. The molecule has 1 atom stereocenters. The Bertz CT molecular complexity index is 586. The summed E-state index contributed by atoms with van der Waals surface area (Å²) in [5.74, 6) is -0.0226. The highest BCUT2D eigenvalue weighted by atomic mass is 35.5. The average Bonchev–Trinajstić information content (AvgIpc) is 2.50. The number of carbonyl (C=O) groups is 1. The predicted molar refractivity (Wildman–Crippen MR) is 91.2 cm³/mol. The maximum Gasteiger partial charge on any atom is 0.227 e. The van der Waals surface area contributed by atoms with Gasteiger partial charge in [-0.1, -0.05) is 42.5 Å². The molecule has 0 spiro atoms. The van der Waals surface area contributed by atoms with Crippen molar-refractivity contribution in [3.8, 4) is 0 Å². The third-order valence-corrected chi connectivity index (χ3v) is 3.57. The highest BCUT2D eigenvalue weighted by Gasteiger charge is 2.14. The highest BCUT2D eigenvalue weighted by Crippen LogP contribution is 2.21. The van der Waals surface area contributed by atoms with E-state index in [-0.39, 0.29) is 24.2 Å². The fourth-order valence-corrected chi connectivity index (χ4v) is 2.26. The number of fused-ring (bicyclic) bond motifs is 1. The Hall–Kier alpha value is -1.58. The standard InChI is InChI=1S/C17H22N2O.ClH/c1-13(17(20)19-11-5-10-18-2)15-9-8-14-6-3-4-7-16(14)12-15;/h3-4,6-9,12-13,18H,5,10-11H2,1-2H3,(H,19,20);1H. The van der Waals surface area contributed by atoms with Gasteiger partial charge >= 0.3 is 0 Å². The normalized spacial score (nSPS) is 11.7. The number of nitrogens with one attached hydrogen (secondary N) is 2. The number of halogens is 1. The van der Waals surface area contributed by atoms with E-state index in [1.165, 1.54) is 10.8 Å². The van der Waals surface area contributed by atoms with Crippen LogP contribution in [0.3, 0.4) is 0 Å². The SMILES string of the molecule is CNCCCNC(=O)C(C)c1ccc2ccccc2c1.Cl. The van der Waals surface area contributed by atoms with Crippen molar-refractivity contribution in [2.45, 2.75) is 19.3 Å². The summed E-state index contributed by atoms with van der Waals surface area (Å²) in [4.78, 5) is 12.1. The molecule has 0 radical (unpaired) electrons. The molecule has 2 aromatic rings. The number of hydrogen-bond donors (Lipinski definition) is 2. The van der Waals surface area contributed by atoms with Crippen LogP contribution in [-0.2, 0) is 4.79 Å². The monoisotopic (exact) mass is 306 g/mol. The molecule has 2 N–H and O–H groups in total. The lowest BCUT2D eigenvalue weighted by atomic mass is 9.97. The van der Waals surface area contributed by atoms with E-state index in [9.17, 15) is 4.79 Å². The summed E-state index contributed by atoms with van der Waals surface area (Å²) in [6, 6.07) is 14.4. The summed E-state index contributed by atoms with van der Waals surface area (Å²) in [6.07, 6.45) is 0.951. The van der Waals surface area contributed by atoms with Crippen molar-refractivity contribution in [2.24, 2.45) is 0 Å². The van der Waals surface area contributed by atoms with E-state index in [1.54, 1.807) is 0 Å². The second-order valence-electron chi connectivity index (χ2n) is 5.08. The summed E-state index contributed by atoms with van der Waals surface area (Å²) in [6.45, 7) is 3.60. The molecular weight excluding hydrogens is 284 g/mol. The molecular formula is C17H23ClN2O. The summed E-state index contributed by atoms with van der Waals surface area (Å²) in [7, 11) is 1.92. The van der Waals surface area contributed by atoms with Gasteiger partial charge in [-0.25, -0.2) is 0 Å². The molecule has 114 valence electrons. The summed E-state index contributed by atoms with van der Waals surface area (Å²) in [5, 5.41) is 8.44. The van der Waals surface area contributed by atoms with Crippen LogP contribution >= 0.6 is 12.4 Å². The average molecular weight is 307 g/mol. The van der Waals surface area contributed by atoms with Crippen LogP contribution in [0.1, 0.15) is 24.8 Å². The first-order chi connectivity index (χ1) is 9.72. The minimum atomic E-state index is -0.116. The molecule has 0 fully saturated rings. The molecule has 1 amide bonds. The van der Waals surface area contributed by atoms with Crippen LogP contribution in [-0.4, -0.2) is 26.0 Å². The molecule has 0 saturated carbocycles. The minimum Gasteiger partial charge on any atom is -0.356 e. The van der Waals surface area contributed by atoms with Crippen molar-refractivity contribution in [1.82, 2.24) is 10.6 Å². The quantitative estimate of drug-likeness (QED) is 0.805. The number of carbonyl (C=O) groups excluding carboxylic acids is 1. The van der Waals surface area contributed by atoms with Crippen LogP contribution in [0.5, 0.6) is 0 Å². The smallest absolute Gasteiger partial charge is 0.227 e. The zero-order chi connectivity index (χ0) is 14.4. The highest BCUT2D eigenvalue weighted by molar-refractivity contribution is 5.87. The van der Waals surface area contributed by atoms with E-state index in [2.05, 4.69) is 34.9 Å². The minimum absolute atomic E-state index is 0. The largest absolute Gasteiger partial charge is 0.356 e. The molecule has 21 heavy (non-hydrogen) atoms. The fourth-order valence-electron chi connectivity index (χ4n) is 2.26. The first-order valence-electron chi connectivity index (χ1n) is 7.13. The van der Waals surface area contributed by atoms with Gasteiger partial charge in [0.15, 0.2) is 0 Å². The van der Waals surface area contributed by atoms with Gasteiger partial charge in [0, 0.05) is 6.54 Å². The van der Waals surface area contributed by atoms with Crippen LogP contribution in [0.15, 0.2) is 42.5 Å². The topological polar surface area (TPSA) is 41.1 Å². The molecule has 2 aromatic carbocycles. The molecule has 4 heteroatoms. The predicted octanol–water partition coefficient (Wildman–Crippen LogP) is 3.09. The molecule has 0 aromatic heterocycles. The van der Waals surface area contributed by atoms with Crippen LogP contribution in [0.4, 0.5) is 0 Å². The van der Waals surface area contributed by atoms with Gasteiger partial charge in [0.1, 0.15) is 0 Å². The zero-order valence-corrected chi connectivity index (χ0v) is 13.4. The number of hydrogen-bond acceptors (Lipinski definition) is 2. The Morgan fingerprint density at radius 1 is 1.10 bits per heavy atom. The fraction of sp³-hybridized carbons (Fsp3) is 0.353. The Morgan fingerprint density at radius 2 is 1.81 bits per heavy atom. The molecule has 0 bridgehead atoms. The van der Waals surface area contributed by atoms with Crippen molar-refractivity contribution in [2.75, 3.05) is 20.1 Å². The van der Waals surface area contributed by atoms with Crippen LogP contribution < -0.4 is 10.6 Å². The van der Waals surface area contributed by atoms with Crippen molar-refractivity contribution in [3.05, 3.63) is 48.0 Å². The van der Waals surface area contributed by atoms with Crippen molar-refractivity contribution in [1.29, 1.82) is 0 Å². The van der Waals surface area contributed by atoms with Crippen molar-refractivity contribution < 1.29 is 4.79 Å². The molecule has 2 rings (SSSR count). The summed E-state index contributed by atoms with van der Waals surface area (Å²) >= 11 is 0. The van der Waals surface area contributed by atoms with E-state index >= 15 is 0 Å². The Labute approximate surface area is 132 Å². The van der Waals surface area contributed by atoms with Gasteiger partial charge in [-0.3, -0.25) is 4.79 Å². The van der Waals surface area contributed by atoms with Gasteiger partial charge in [0.25, 0.3) is 0 Å². The van der Waals surface area contributed by atoms with Crippen LogP contribution in [0, 0.1) is 0 Å². The first-order valence-corrected chi connectivity index (χ1v) is 7.13. The van der Waals surface area contributed by atoms with E-state index in [0.29, 0.717) is 0 Å². The van der Waals surface area contributed by atoms with Gasteiger partial charge in [0.2, 0.25) is 5.91 Å². The third kappa shape index (κ3) is 4.73. The molecule has 1 unspecified atom stereocenters. The molecule has 3 nitrogen and oxygen atoms in total. The van der Waals surface area contributed by atoms with E-state index in [1.807, 2.05) is 32.2 Å². The third-order valence-electron chi connectivity index (χ3n) is 3.57. The first kappa shape index (κ1) is 17.5. The molecule has 0 saturated heterocycles. The second-order valence-corrected chi connectivity index (χ2v) is 5.08. The Morgan fingerprint density at radius 3 is 2.52 bits per heavy atom. The van der Waals surface area contributed by atoms with E-state index in [0.717, 1.165) is 25.1 Å². The zero-order valence-electron chi connectivity index (χ0n) is 12.6. The van der Waals surface area contributed by atoms with Crippen LogP contribution in [0.25, 0.3) is 10.8 Å². The number of amides is 1. The maximum absolute atomic E-state index is 12.1. The Kier molecular flexibility index (Phi) is 7.20.